The maximum Gasteiger partial charge on any atom is 0.220 e. The van der Waals surface area contributed by atoms with Gasteiger partial charge in [0.25, 0.3) is 0 Å². The number of rotatable bonds is 4. The second-order valence-corrected chi connectivity index (χ2v) is 5.23. The number of amides is 1. The monoisotopic (exact) mass is 250 g/mol. The fourth-order valence-electron chi connectivity index (χ4n) is 2.61. The van der Waals surface area contributed by atoms with Crippen LogP contribution in [0, 0.1) is 5.92 Å². The minimum absolute atomic E-state index is 0.00364. The highest BCUT2D eigenvalue weighted by Crippen LogP contribution is 2.25. The van der Waals surface area contributed by atoms with E-state index < -0.39 is 0 Å². The Morgan fingerprint density at radius 1 is 1.61 bits per heavy atom. The van der Waals surface area contributed by atoms with Gasteiger partial charge in [-0.3, -0.25) is 9.89 Å². The lowest BCUT2D eigenvalue weighted by atomic mass is 9.83. The van der Waals surface area contributed by atoms with E-state index in [1.807, 2.05) is 6.92 Å². The van der Waals surface area contributed by atoms with Gasteiger partial charge in [0.15, 0.2) is 0 Å². The van der Waals surface area contributed by atoms with Gasteiger partial charge in [0, 0.05) is 24.2 Å². The molecule has 3 unspecified atom stereocenters. The van der Waals surface area contributed by atoms with Crippen molar-refractivity contribution in [2.75, 3.05) is 0 Å². The number of aromatic amines is 1. The standard InChI is InChI=1S/C13H22N4O/c1-9(11-7-15-16-8-11)17-13(18)6-10-4-2-3-5-12(10)14/h7-10,12H,2-6,14H2,1H3,(H,15,16)(H,17,18). The van der Waals surface area contributed by atoms with Gasteiger partial charge in [0.1, 0.15) is 0 Å². The Labute approximate surface area is 108 Å². The van der Waals surface area contributed by atoms with E-state index in [0.717, 1.165) is 18.4 Å². The van der Waals surface area contributed by atoms with Crippen LogP contribution in [0.5, 0.6) is 0 Å². The Morgan fingerprint density at radius 2 is 2.39 bits per heavy atom. The summed E-state index contributed by atoms with van der Waals surface area (Å²) in [5, 5.41) is 9.63. The lowest BCUT2D eigenvalue weighted by molar-refractivity contribution is -0.123. The number of hydrogen-bond donors (Lipinski definition) is 3. The average molecular weight is 250 g/mol. The maximum atomic E-state index is 12.0. The fraction of sp³-hybridized carbons (Fsp3) is 0.692. The molecule has 0 spiro atoms. The van der Waals surface area contributed by atoms with Crippen LogP contribution >= 0.6 is 0 Å². The molecule has 0 saturated heterocycles. The molecule has 18 heavy (non-hydrogen) atoms. The zero-order chi connectivity index (χ0) is 13.0. The summed E-state index contributed by atoms with van der Waals surface area (Å²) in [6.45, 7) is 1.96. The first-order valence-corrected chi connectivity index (χ1v) is 6.70. The molecule has 1 heterocycles. The Hall–Kier alpha value is -1.36. The number of nitrogens with one attached hydrogen (secondary N) is 2. The molecule has 1 aliphatic carbocycles. The van der Waals surface area contributed by atoms with Gasteiger partial charge >= 0.3 is 0 Å². The summed E-state index contributed by atoms with van der Waals surface area (Å²) in [6.07, 6.45) is 8.61. The van der Waals surface area contributed by atoms with Crippen LogP contribution in [0.4, 0.5) is 0 Å². The summed E-state index contributed by atoms with van der Waals surface area (Å²) >= 11 is 0. The van der Waals surface area contributed by atoms with E-state index in [0.29, 0.717) is 12.3 Å². The zero-order valence-electron chi connectivity index (χ0n) is 10.9. The largest absolute Gasteiger partial charge is 0.349 e. The van der Waals surface area contributed by atoms with E-state index in [2.05, 4.69) is 15.5 Å². The predicted octanol–water partition coefficient (Wildman–Crippen LogP) is 1.49. The summed E-state index contributed by atoms with van der Waals surface area (Å²) in [6, 6.07) is 0.185. The Morgan fingerprint density at radius 3 is 3.06 bits per heavy atom. The molecule has 1 fully saturated rings. The van der Waals surface area contributed by atoms with Crippen molar-refractivity contribution in [1.82, 2.24) is 15.5 Å². The first-order chi connectivity index (χ1) is 8.66. The van der Waals surface area contributed by atoms with Crippen LogP contribution in [0.15, 0.2) is 12.4 Å². The lowest BCUT2D eigenvalue weighted by Gasteiger charge is -2.28. The third-order valence-corrected chi connectivity index (χ3v) is 3.81. The number of nitrogens with zero attached hydrogens (tertiary/aromatic N) is 1. The van der Waals surface area contributed by atoms with Crippen LogP contribution in [0.25, 0.3) is 0 Å². The van der Waals surface area contributed by atoms with Crippen LogP contribution in [0.3, 0.4) is 0 Å². The molecule has 0 radical (unpaired) electrons. The molecule has 100 valence electrons. The van der Waals surface area contributed by atoms with Crippen molar-refractivity contribution in [1.29, 1.82) is 0 Å². The topological polar surface area (TPSA) is 83.8 Å². The summed E-state index contributed by atoms with van der Waals surface area (Å²) in [5.74, 6) is 0.432. The second-order valence-electron chi connectivity index (χ2n) is 5.23. The van der Waals surface area contributed by atoms with Crippen molar-refractivity contribution >= 4 is 5.91 Å². The van der Waals surface area contributed by atoms with Gasteiger partial charge in [-0.15, -0.1) is 0 Å². The van der Waals surface area contributed by atoms with Crippen molar-refractivity contribution < 1.29 is 4.79 Å². The first-order valence-electron chi connectivity index (χ1n) is 6.70. The van der Waals surface area contributed by atoms with Crippen molar-refractivity contribution in [3.63, 3.8) is 0 Å². The summed E-state index contributed by atoms with van der Waals surface area (Å²) < 4.78 is 0. The van der Waals surface area contributed by atoms with Crippen molar-refractivity contribution in [3.8, 4) is 0 Å². The molecule has 0 aliphatic heterocycles. The molecule has 1 aromatic heterocycles. The highest BCUT2D eigenvalue weighted by atomic mass is 16.1. The van der Waals surface area contributed by atoms with Gasteiger partial charge in [0.05, 0.1) is 12.2 Å². The number of carbonyl (C=O) groups excluding carboxylic acids is 1. The molecule has 1 aromatic rings. The van der Waals surface area contributed by atoms with Crippen molar-refractivity contribution in [2.24, 2.45) is 11.7 Å². The van der Waals surface area contributed by atoms with Gasteiger partial charge in [-0.1, -0.05) is 12.8 Å². The number of nitrogens with two attached hydrogens (primary N) is 1. The van der Waals surface area contributed by atoms with Crippen LogP contribution in [-0.4, -0.2) is 22.1 Å². The van der Waals surface area contributed by atoms with E-state index in [9.17, 15) is 4.79 Å². The van der Waals surface area contributed by atoms with E-state index in [1.54, 1.807) is 12.4 Å². The molecule has 1 saturated carbocycles. The van der Waals surface area contributed by atoms with Gasteiger partial charge in [-0.05, 0) is 25.7 Å². The Kier molecular flexibility index (Phi) is 4.36. The van der Waals surface area contributed by atoms with E-state index in [-0.39, 0.29) is 18.0 Å². The quantitative estimate of drug-likeness (QED) is 0.757. The minimum atomic E-state index is -0.00364. The number of carbonyl (C=O) groups is 1. The molecular weight excluding hydrogens is 228 g/mol. The minimum Gasteiger partial charge on any atom is -0.349 e. The fourth-order valence-corrected chi connectivity index (χ4v) is 2.61. The van der Waals surface area contributed by atoms with Gasteiger partial charge in [-0.2, -0.15) is 5.10 Å². The van der Waals surface area contributed by atoms with E-state index in [1.165, 1.54) is 12.8 Å². The number of aromatic nitrogens is 2. The molecule has 5 nitrogen and oxygen atoms in total. The molecule has 2 rings (SSSR count). The van der Waals surface area contributed by atoms with Crippen LogP contribution < -0.4 is 11.1 Å². The third-order valence-electron chi connectivity index (χ3n) is 3.81. The SMILES string of the molecule is CC(NC(=O)CC1CCCCC1N)c1cn[nH]c1. The molecular formula is C13H22N4O. The molecule has 4 N–H and O–H groups in total. The van der Waals surface area contributed by atoms with Crippen LogP contribution in [-0.2, 0) is 4.79 Å². The average Bonchev–Trinajstić information content (AvgIpc) is 2.85. The van der Waals surface area contributed by atoms with E-state index in [4.69, 9.17) is 5.73 Å². The van der Waals surface area contributed by atoms with Gasteiger partial charge in [0.2, 0.25) is 5.91 Å². The van der Waals surface area contributed by atoms with Gasteiger partial charge < -0.3 is 11.1 Å². The maximum absolute atomic E-state index is 12.0. The third kappa shape index (κ3) is 3.32. The number of hydrogen-bond acceptors (Lipinski definition) is 3. The van der Waals surface area contributed by atoms with E-state index >= 15 is 0 Å². The normalized spacial score (nSPS) is 25.7. The summed E-state index contributed by atoms with van der Waals surface area (Å²) in [5.41, 5.74) is 7.05. The van der Waals surface area contributed by atoms with Gasteiger partial charge in [-0.25, -0.2) is 0 Å². The molecule has 0 bridgehead atoms. The zero-order valence-corrected chi connectivity index (χ0v) is 10.9. The highest BCUT2D eigenvalue weighted by Gasteiger charge is 2.24. The highest BCUT2D eigenvalue weighted by molar-refractivity contribution is 5.76. The number of H-pyrrole nitrogens is 1. The Balaban J connectivity index is 1.81. The molecule has 3 atom stereocenters. The Bertz CT molecular complexity index is 376. The molecule has 0 aromatic carbocycles. The predicted molar refractivity (Wildman–Crippen MR) is 69.7 cm³/mol. The van der Waals surface area contributed by atoms with Crippen LogP contribution in [0.1, 0.15) is 50.6 Å². The lowest BCUT2D eigenvalue weighted by Crippen LogP contribution is -2.37. The first kappa shape index (κ1) is 13.1. The van der Waals surface area contributed by atoms with Crippen LogP contribution in [0.2, 0.25) is 0 Å². The van der Waals surface area contributed by atoms with Crippen molar-refractivity contribution in [2.45, 2.75) is 51.1 Å². The summed E-state index contributed by atoms with van der Waals surface area (Å²) in [4.78, 5) is 12.0. The molecule has 1 amide bonds. The molecule has 1 aliphatic rings. The second kappa shape index (κ2) is 6.00. The molecule has 5 heteroatoms. The van der Waals surface area contributed by atoms with Crippen molar-refractivity contribution in [3.05, 3.63) is 18.0 Å². The smallest absolute Gasteiger partial charge is 0.220 e. The summed E-state index contributed by atoms with van der Waals surface area (Å²) in [7, 11) is 0.